The molecule has 5 heteroatoms. The molecule has 1 aromatic rings. The van der Waals surface area contributed by atoms with Crippen molar-refractivity contribution in [3.63, 3.8) is 0 Å². The van der Waals surface area contributed by atoms with Gasteiger partial charge in [0, 0.05) is 37.3 Å². The second-order valence-corrected chi connectivity index (χ2v) is 6.69. The molecule has 1 aliphatic rings. The number of rotatable bonds is 2. The van der Waals surface area contributed by atoms with Crippen LogP contribution < -0.4 is 5.32 Å². The van der Waals surface area contributed by atoms with E-state index in [1.54, 1.807) is 4.68 Å². The van der Waals surface area contributed by atoms with Gasteiger partial charge in [0.2, 0.25) is 0 Å². The Morgan fingerprint density at radius 3 is 2.74 bits per heavy atom. The maximum absolute atomic E-state index is 6.35. The Balaban J connectivity index is 2.20. The number of hydrogen-bond donors (Lipinski definition) is 1. The summed E-state index contributed by atoms with van der Waals surface area (Å²) >= 11 is 6.35. The van der Waals surface area contributed by atoms with Crippen LogP contribution in [0, 0.1) is 6.92 Å². The minimum Gasteiger partial charge on any atom is -0.310 e. The van der Waals surface area contributed by atoms with E-state index in [0.717, 1.165) is 36.0 Å². The highest BCUT2D eigenvalue weighted by atomic mass is 35.5. The van der Waals surface area contributed by atoms with E-state index in [9.17, 15) is 0 Å². The maximum atomic E-state index is 6.35. The van der Waals surface area contributed by atoms with E-state index in [1.807, 2.05) is 14.0 Å². The summed E-state index contributed by atoms with van der Waals surface area (Å²) in [5.41, 5.74) is 2.34. The molecule has 1 unspecified atom stereocenters. The van der Waals surface area contributed by atoms with Crippen molar-refractivity contribution in [3.8, 4) is 0 Å². The average molecular weight is 285 g/mol. The molecule has 0 spiro atoms. The van der Waals surface area contributed by atoms with Crippen LogP contribution >= 0.6 is 11.6 Å². The highest BCUT2D eigenvalue weighted by Crippen LogP contribution is 2.24. The SMILES string of the molecule is Cc1nn(C)c(Cl)c1CN1CC(C)(C)NCCC1C. The van der Waals surface area contributed by atoms with E-state index in [2.05, 4.69) is 36.1 Å². The topological polar surface area (TPSA) is 33.1 Å². The normalized spacial score (nSPS) is 24.4. The third-order valence-corrected chi connectivity index (χ3v) is 4.49. The summed E-state index contributed by atoms with van der Waals surface area (Å²) in [7, 11) is 1.90. The summed E-state index contributed by atoms with van der Waals surface area (Å²) in [4.78, 5) is 2.51. The molecule has 0 amide bonds. The first-order valence-corrected chi connectivity index (χ1v) is 7.35. The molecule has 2 heterocycles. The van der Waals surface area contributed by atoms with Crippen LogP contribution in [0.2, 0.25) is 5.15 Å². The molecular weight excluding hydrogens is 260 g/mol. The highest BCUT2D eigenvalue weighted by Gasteiger charge is 2.29. The smallest absolute Gasteiger partial charge is 0.131 e. The Morgan fingerprint density at radius 1 is 1.47 bits per heavy atom. The first kappa shape index (κ1) is 14.8. The molecule has 0 aromatic carbocycles. The molecule has 0 radical (unpaired) electrons. The lowest BCUT2D eigenvalue weighted by molar-refractivity contribution is 0.173. The second kappa shape index (κ2) is 5.43. The van der Waals surface area contributed by atoms with Gasteiger partial charge in [-0.3, -0.25) is 9.58 Å². The fourth-order valence-electron chi connectivity index (χ4n) is 2.79. The molecule has 4 nitrogen and oxygen atoms in total. The predicted octanol–water partition coefficient (Wildman–Crippen LogP) is 2.34. The zero-order valence-corrected chi connectivity index (χ0v) is 13.4. The maximum Gasteiger partial charge on any atom is 0.131 e. The molecule has 1 atom stereocenters. The second-order valence-electron chi connectivity index (χ2n) is 6.33. The first-order valence-electron chi connectivity index (χ1n) is 6.97. The van der Waals surface area contributed by atoms with Gasteiger partial charge >= 0.3 is 0 Å². The molecule has 1 aliphatic heterocycles. The highest BCUT2D eigenvalue weighted by molar-refractivity contribution is 6.30. The fraction of sp³-hybridized carbons (Fsp3) is 0.786. The van der Waals surface area contributed by atoms with Crippen molar-refractivity contribution in [1.82, 2.24) is 20.0 Å². The van der Waals surface area contributed by atoms with Crippen molar-refractivity contribution in [1.29, 1.82) is 0 Å². The van der Waals surface area contributed by atoms with Crippen LogP contribution in [0.5, 0.6) is 0 Å². The summed E-state index contributed by atoms with van der Waals surface area (Å²) in [5.74, 6) is 0. The molecule has 1 fully saturated rings. The molecule has 2 rings (SSSR count). The number of aromatic nitrogens is 2. The van der Waals surface area contributed by atoms with E-state index in [1.165, 1.54) is 6.42 Å². The fourth-order valence-corrected chi connectivity index (χ4v) is 3.02. The number of nitrogens with zero attached hydrogens (tertiary/aromatic N) is 3. The molecule has 1 aromatic heterocycles. The van der Waals surface area contributed by atoms with Crippen molar-refractivity contribution < 1.29 is 0 Å². The zero-order valence-electron chi connectivity index (χ0n) is 12.6. The van der Waals surface area contributed by atoms with Crippen molar-refractivity contribution in [2.45, 2.75) is 52.2 Å². The van der Waals surface area contributed by atoms with Gasteiger partial charge in [-0.1, -0.05) is 11.6 Å². The number of hydrogen-bond acceptors (Lipinski definition) is 3. The van der Waals surface area contributed by atoms with Crippen molar-refractivity contribution in [3.05, 3.63) is 16.4 Å². The Labute approximate surface area is 121 Å². The Kier molecular flexibility index (Phi) is 4.23. The number of nitrogens with one attached hydrogen (secondary N) is 1. The van der Waals surface area contributed by atoms with Gasteiger partial charge in [-0.15, -0.1) is 0 Å². The van der Waals surface area contributed by atoms with Crippen LogP contribution in [0.1, 0.15) is 38.4 Å². The van der Waals surface area contributed by atoms with Crippen LogP contribution in [-0.2, 0) is 13.6 Å². The van der Waals surface area contributed by atoms with E-state index in [0.29, 0.717) is 6.04 Å². The zero-order chi connectivity index (χ0) is 14.2. The van der Waals surface area contributed by atoms with E-state index in [-0.39, 0.29) is 5.54 Å². The summed E-state index contributed by atoms with van der Waals surface area (Å²) in [6.07, 6.45) is 1.17. The Hall–Kier alpha value is -0.580. The van der Waals surface area contributed by atoms with Crippen LogP contribution in [-0.4, -0.2) is 39.4 Å². The standard InChI is InChI=1S/C14H25ClN4/c1-10-6-7-16-14(3,4)9-19(10)8-12-11(2)17-18(5)13(12)15/h10,16H,6-9H2,1-5H3. The Bertz CT molecular complexity index is 453. The lowest BCUT2D eigenvalue weighted by atomic mass is 10.0. The molecule has 19 heavy (non-hydrogen) atoms. The molecule has 0 aliphatic carbocycles. The van der Waals surface area contributed by atoms with Gasteiger partial charge in [0.05, 0.1) is 5.69 Å². The molecule has 0 saturated carbocycles. The third-order valence-electron chi connectivity index (χ3n) is 4.02. The summed E-state index contributed by atoms with van der Waals surface area (Å²) < 4.78 is 1.76. The van der Waals surface area contributed by atoms with Crippen LogP contribution in [0.15, 0.2) is 0 Å². The quantitative estimate of drug-likeness (QED) is 0.905. The van der Waals surface area contributed by atoms with Gasteiger partial charge < -0.3 is 5.32 Å². The van der Waals surface area contributed by atoms with Gasteiger partial charge in [-0.05, 0) is 40.7 Å². The molecule has 0 bridgehead atoms. The molecule has 1 N–H and O–H groups in total. The van der Waals surface area contributed by atoms with Crippen molar-refractivity contribution >= 4 is 11.6 Å². The third kappa shape index (κ3) is 3.30. The van der Waals surface area contributed by atoms with Gasteiger partial charge in [0.1, 0.15) is 5.15 Å². The van der Waals surface area contributed by atoms with Gasteiger partial charge in [-0.25, -0.2) is 0 Å². The number of aryl methyl sites for hydroxylation is 2. The summed E-state index contributed by atoms with van der Waals surface area (Å²) in [6, 6.07) is 0.560. The predicted molar refractivity (Wildman–Crippen MR) is 79.5 cm³/mol. The lowest BCUT2D eigenvalue weighted by Crippen LogP contribution is -2.47. The van der Waals surface area contributed by atoms with Gasteiger partial charge in [0.15, 0.2) is 0 Å². The monoisotopic (exact) mass is 284 g/mol. The Morgan fingerprint density at radius 2 is 2.16 bits per heavy atom. The number of halogens is 1. The van der Waals surface area contributed by atoms with E-state index >= 15 is 0 Å². The minimum absolute atomic E-state index is 0.146. The summed E-state index contributed by atoms with van der Waals surface area (Å²) in [6.45, 7) is 11.8. The van der Waals surface area contributed by atoms with Gasteiger partial charge in [0.25, 0.3) is 0 Å². The van der Waals surface area contributed by atoms with Crippen molar-refractivity contribution in [2.75, 3.05) is 13.1 Å². The van der Waals surface area contributed by atoms with Crippen LogP contribution in [0.3, 0.4) is 0 Å². The molecular formula is C14H25ClN4. The molecule has 108 valence electrons. The van der Waals surface area contributed by atoms with Crippen LogP contribution in [0.25, 0.3) is 0 Å². The van der Waals surface area contributed by atoms with E-state index < -0.39 is 0 Å². The van der Waals surface area contributed by atoms with Crippen LogP contribution in [0.4, 0.5) is 0 Å². The largest absolute Gasteiger partial charge is 0.310 e. The summed E-state index contributed by atoms with van der Waals surface area (Å²) in [5, 5.41) is 8.77. The average Bonchev–Trinajstić information content (AvgIpc) is 2.45. The van der Waals surface area contributed by atoms with Gasteiger partial charge in [-0.2, -0.15) is 5.10 Å². The van der Waals surface area contributed by atoms with Crippen molar-refractivity contribution in [2.24, 2.45) is 7.05 Å². The molecule has 1 saturated heterocycles. The lowest BCUT2D eigenvalue weighted by Gasteiger charge is -2.32. The van der Waals surface area contributed by atoms with E-state index in [4.69, 9.17) is 11.6 Å². The minimum atomic E-state index is 0.146. The first-order chi connectivity index (χ1) is 8.80.